The number of rotatable bonds is 6. The Kier molecular flexibility index (Phi) is 7.07. The minimum absolute atomic E-state index is 0.0701. The Labute approximate surface area is 189 Å². The number of nitrogens with zero attached hydrogens (tertiary/aromatic N) is 4. The minimum atomic E-state index is -3.63. The van der Waals surface area contributed by atoms with Gasteiger partial charge in [-0.1, -0.05) is 6.07 Å². The highest BCUT2D eigenvalue weighted by Gasteiger charge is 2.35. The molecule has 0 saturated carbocycles. The van der Waals surface area contributed by atoms with Crippen LogP contribution in [0.25, 0.3) is 0 Å². The molecule has 2 aromatic rings. The third-order valence-corrected chi connectivity index (χ3v) is 8.12. The Morgan fingerprint density at radius 3 is 2.50 bits per heavy atom. The fourth-order valence-electron chi connectivity index (χ4n) is 4.39. The smallest absolute Gasteiger partial charge is 0.243 e. The molecule has 0 aliphatic carbocycles. The molecule has 1 aromatic heterocycles. The van der Waals surface area contributed by atoms with E-state index in [1.165, 1.54) is 9.87 Å². The SMILES string of the molecule is COc1ccc(S(=O)(=O)N2CCCC(C(=O)N3CCN(Cc4cccnc4)CC3)C2)cc1. The summed E-state index contributed by atoms with van der Waals surface area (Å²) in [5.41, 5.74) is 1.17. The lowest BCUT2D eigenvalue weighted by molar-refractivity contribution is -0.138. The number of piperazine rings is 1. The number of aromatic nitrogens is 1. The fourth-order valence-corrected chi connectivity index (χ4v) is 5.92. The van der Waals surface area contributed by atoms with Crippen LogP contribution in [0.2, 0.25) is 0 Å². The van der Waals surface area contributed by atoms with Gasteiger partial charge in [0.25, 0.3) is 0 Å². The van der Waals surface area contributed by atoms with E-state index >= 15 is 0 Å². The van der Waals surface area contributed by atoms with Crippen LogP contribution in [0, 0.1) is 5.92 Å². The van der Waals surface area contributed by atoms with Crippen molar-refractivity contribution in [2.75, 3.05) is 46.4 Å². The molecule has 0 spiro atoms. The molecule has 2 aliphatic rings. The van der Waals surface area contributed by atoms with Gasteiger partial charge in [0.1, 0.15) is 5.75 Å². The molecule has 0 radical (unpaired) electrons. The number of piperidine rings is 1. The molecule has 1 amide bonds. The summed E-state index contributed by atoms with van der Waals surface area (Å²) in [4.78, 5) is 21.8. The number of ether oxygens (including phenoxy) is 1. The van der Waals surface area contributed by atoms with Crippen molar-refractivity contribution in [2.45, 2.75) is 24.3 Å². The number of benzene rings is 1. The highest BCUT2D eigenvalue weighted by molar-refractivity contribution is 7.89. The first-order valence-electron chi connectivity index (χ1n) is 11.0. The van der Waals surface area contributed by atoms with Crippen LogP contribution in [0.1, 0.15) is 18.4 Å². The third kappa shape index (κ3) is 5.11. The first-order chi connectivity index (χ1) is 15.5. The summed E-state index contributed by atoms with van der Waals surface area (Å²) >= 11 is 0. The molecular formula is C23H30N4O4S. The maximum atomic E-state index is 13.2. The van der Waals surface area contributed by atoms with E-state index in [9.17, 15) is 13.2 Å². The van der Waals surface area contributed by atoms with Crippen LogP contribution >= 0.6 is 0 Å². The van der Waals surface area contributed by atoms with Gasteiger partial charge in [-0.3, -0.25) is 14.7 Å². The average molecular weight is 459 g/mol. The molecule has 4 rings (SSSR count). The van der Waals surface area contributed by atoms with Gasteiger partial charge in [-0.05, 0) is 48.7 Å². The van der Waals surface area contributed by atoms with Crippen LogP contribution in [0.3, 0.4) is 0 Å². The van der Waals surface area contributed by atoms with Gasteiger partial charge in [-0.2, -0.15) is 4.31 Å². The van der Waals surface area contributed by atoms with Crippen LogP contribution in [0.4, 0.5) is 0 Å². The Morgan fingerprint density at radius 2 is 1.84 bits per heavy atom. The van der Waals surface area contributed by atoms with Crippen LogP contribution in [-0.2, 0) is 21.4 Å². The number of hydrogen-bond donors (Lipinski definition) is 0. The molecule has 8 nitrogen and oxygen atoms in total. The fraction of sp³-hybridized carbons (Fsp3) is 0.478. The van der Waals surface area contributed by atoms with E-state index in [0.29, 0.717) is 31.8 Å². The lowest BCUT2D eigenvalue weighted by Crippen LogP contribution is -2.52. The number of amides is 1. The van der Waals surface area contributed by atoms with Crippen LogP contribution < -0.4 is 4.74 Å². The standard InChI is InChI=1S/C23H30N4O4S/c1-31-21-6-8-22(9-7-21)32(29,30)27-11-3-5-20(18-27)23(28)26-14-12-25(13-15-26)17-19-4-2-10-24-16-19/h2,4,6-10,16,20H,3,5,11-15,17-18H2,1H3. The second-order valence-corrected chi connectivity index (χ2v) is 10.3. The Hall–Kier alpha value is -2.49. The zero-order chi connectivity index (χ0) is 22.6. The molecule has 2 saturated heterocycles. The number of hydrogen-bond acceptors (Lipinski definition) is 6. The molecular weight excluding hydrogens is 428 g/mol. The molecule has 9 heteroatoms. The van der Waals surface area contributed by atoms with Crippen molar-refractivity contribution in [3.8, 4) is 5.75 Å². The molecule has 3 heterocycles. The van der Waals surface area contributed by atoms with Gasteiger partial charge in [0.05, 0.1) is 17.9 Å². The van der Waals surface area contributed by atoms with Crippen molar-refractivity contribution in [3.63, 3.8) is 0 Å². The number of carbonyl (C=O) groups is 1. The van der Waals surface area contributed by atoms with Gasteiger partial charge in [0.15, 0.2) is 0 Å². The van der Waals surface area contributed by atoms with E-state index in [4.69, 9.17) is 4.74 Å². The summed E-state index contributed by atoms with van der Waals surface area (Å²) in [5, 5.41) is 0. The van der Waals surface area contributed by atoms with Crippen molar-refractivity contribution >= 4 is 15.9 Å². The predicted molar refractivity (Wildman–Crippen MR) is 121 cm³/mol. The quantitative estimate of drug-likeness (QED) is 0.657. The molecule has 1 unspecified atom stereocenters. The van der Waals surface area contributed by atoms with E-state index in [1.807, 2.05) is 17.2 Å². The summed E-state index contributed by atoms with van der Waals surface area (Å²) in [6.07, 6.45) is 5.05. The first-order valence-corrected chi connectivity index (χ1v) is 12.5. The second-order valence-electron chi connectivity index (χ2n) is 8.34. The van der Waals surface area contributed by atoms with Gasteiger partial charge in [-0.25, -0.2) is 8.42 Å². The highest BCUT2D eigenvalue weighted by atomic mass is 32.2. The van der Waals surface area contributed by atoms with Crippen molar-refractivity contribution in [1.82, 2.24) is 19.1 Å². The van der Waals surface area contributed by atoms with E-state index in [0.717, 1.165) is 26.1 Å². The van der Waals surface area contributed by atoms with Crippen LogP contribution in [-0.4, -0.2) is 79.8 Å². The number of methoxy groups -OCH3 is 1. The summed E-state index contributed by atoms with van der Waals surface area (Å²) in [7, 11) is -2.09. The average Bonchev–Trinajstić information content (AvgIpc) is 2.85. The predicted octanol–water partition coefficient (Wildman–Crippen LogP) is 1.84. The number of carbonyl (C=O) groups excluding carboxylic acids is 1. The normalized spacial score (nSPS) is 20.8. The third-order valence-electron chi connectivity index (χ3n) is 6.24. The zero-order valence-corrected chi connectivity index (χ0v) is 19.2. The Bertz CT molecular complexity index is 1010. The van der Waals surface area contributed by atoms with E-state index < -0.39 is 10.0 Å². The van der Waals surface area contributed by atoms with Crippen LogP contribution in [0.15, 0.2) is 53.7 Å². The van der Waals surface area contributed by atoms with Crippen molar-refractivity contribution in [2.24, 2.45) is 5.92 Å². The molecule has 1 aromatic carbocycles. The zero-order valence-electron chi connectivity index (χ0n) is 18.4. The summed E-state index contributed by atoms with van der Waals surface area (Å²) in [6, 6.07) is 10.4. The Balaban J connectivity index is 1.34. The summed E-state index contributed by atoms with van der Waals surface area (Å²) in [6.45, 7) is 4.46. The molecule has 1 atom stereocenters. The molecule has 2 fully saturated rings. The van der Waals surface area contributed by atoms with Gasteiger partial charge < -0.3 is 9.64 Å². The molecule has 32 heavy (non-hydrogen) atoms. The van der Waals surface area contributed by atoms with Gasteiger partial charge >= 0.3 is 0 Å². The number of pyridine rings is 1. The van der Waals surface area contributed by atoms with Crippen LogP contribution in [0.5, 0.6) is 5.75 Å². The second kappa shape index (κ2) is 9.97. The molecule has 172 valence electrons. The lowest BCUT2D eigenvalue weighted by Gasteiger charge is -2.38. The van der Waals surface area contributed by atoms with Crippen molar-refractivity contribution < 1.29 is 17.9 Å². The first kappa shape index (κ1) is 22.7. The van der Waals surface area contributed by atoms with E-state index in [1.54, 1.807) is 37.6 Å². The molecule has 2 aliphatic heterocycles. The van der Waals surface area contributed by atoms with Gasteiger partial charge in [0, 0.05) is 58.2 Å². The topological polar surface area (TPSA) is 83.0 Å². The maximum Gasteiger partial charge on any atom is 0.243 e. The van der Waals surface area contributed by atoms with Crippen molar-refractivity contribution in [1.29, 1.82) is 0 Å². The minimum Gasteiger partial charge on any atom is -0.497 e. The van der Waals surface area contributed by atoms with Gasteiger partial charge in [-0.15, -0.1) is 0 Å². The lowest BCUT2D eigenvalue weighted by atomic mass is 9.97. The Morgan fingerprint density at radius 1 is 1.09 bits per heavy atom. The number of sulfonamides is 1. The maximum absolute atomic E-state index is 13.2. The monoisotopic (exact) mass is 458 g/mol. The summed E-state index contributed by atoms with van der Waals surface area (Å²) in [5.74, 6) is 0.389. The largest absolute Gasteiger partial charge is 0.497 e. The summed E-state index contributed by atoms with van der Waals surface area (Å²) < 4.78 is 32.8. The highest BCUT2D eigenvalue weighted by Crippen LogP contribution is 2.26. The van der Waals surface area contributed by atoms with E-state index in [2.05, 4.69) is 16.0 Å². The molecule has 0 bridgehead atoms. The molecule has 0 N–H and O–H groups in total. The van der Waals surface area contributed by atoms with Crippen molar-refractivity contribution in [3.05, 3.63) is 54.4 Å². The van der Waals surface area contributed by atoms with Gasteiger partial charge in [0.2, 0.25) is 15.9 Å². The van der Waals surface area contributed by atoms with E-state index in [-0.39, 0.29) is 23.3 Å².